The summed E-state index contributed by atoms with van der Waals surface area (Å²) in [5, 5.41) is 2.90. The maximum Gasteiger partial charge on any atom is 0.246 e. The number of amides is 1. The number of hydrogen-bond acceptors (Lipinski definition) is 3. The molecule has 1 amide bonds. The van der Waals surface area contributed by atoms with Gasteiger partial charge in [0, 0.05) is 25.1 Å². The van der Waals surface area contributed by atoms with Crippen LogP contribution in [-0.4, -0.2) is 28.6 Å². The van der Waals surface area contributed by atoms with Crippen molar-refractivity contribution >= 4 is 16.9 Å². The van der Waals surface area contributed by atoms with Gasteiger partial charge in [-0.3, -0.25) is 4.79 Å². The van der Waals surface area contributed by atoms with Crippen LogP contribution in [0.15, 0.2) is 60.7 Å². The molecule has 1 aromatic heterocycles. The number of fused-ring (bicyclic) bond motifs is 1. The molecule has 0 bridgehead atoms. The number of carbonyl (C=O) groups is 1. The molecular formula is C28H37N3O2. The molecule has 1 N–H and O–H groups in total. The summed E-state index contributed by atoms with van der Waals surface area (Å²) >= 11 is 0. The largest absolute Gasteiger partial charge is 0.494 e. The van der Waals surface area contributed by atoms with Crippen molar-refractivity contribution in [2.45, 2.75) is 65.3 Å². The summed E-state index contributed by atoms with van der Waals surface area (Å²) in [6.07, 6.45) is 3.65. The maximum absolute atomic E-state index is 11.7. The van der Waals surface area contributed by atoms with Crippen molar-refractivity contribution in [1.82, 2.24) is 14.9 Å². The van der Waals surface area contributed by atoms with Crippen molar-refractivity contribution in [3.8, 4) is 5.75 Å². The highest BCUT2D eigenvalue weighted by Gasteiger charge is 2.13. The lowest BCUT2D eigenvalue weighted by atomic mass is 9.87. The summed E-state index contributed by atoms with van der Waals surface area (Å²) < 4.78 is 8.27. The van der Waals surface area contributed by atoms with E-state index in [-0.39, 0.29) is 11.3 Å². The second-order valence-corrected chi connectivity index (χ2v) is 9.64. The Kier molecular flexibility index (Phi) is 8.32. The highest BCUT2D eigenvalue weighted by Crippen LogP contribution is 2.24. The van der Waals surface area contributed by atoms with Crippen molar-refractivity contribution in [2.24, 2.45) is 0 Å². The maximum atomic E-state index is 11.7. The van der Waals surface area contributed by atoms with Crippen LogP contribution in [0, 0.1) is 0 Å². The molecular weight excluding hydrogens is 410 g/mol. The Morgan fingerprint density at radius 3 is 2.48 bits per heavy atom. The van der Waals surface area contributed by atoms with Gasteiger partial charge in [-0.1, -0.05) is 51.6 Å². The fourth-order valence-corrected chi connectivity index (χ4v) is 3.78. The van der Waals surface area contributed by atoms with E-state index in [0.29, 0.717) is 18.7 Å². The molecule has 2 aromatic carbocycles. The van der Waals surface area contributed by atoms with Crippen LogP contribution in [0.4, 0.5) is 0 Å². The van der Waals surface area contributed by atoms with E-state index in [9.17, 15) is 4.79 Å². The van der Waals surface area contributed by atoms with Crippen LogP contribution in [0.2, 0.25) is 0 Å². The zero-order chi connectivity index (χ0) is 23.8. The SMILES string of the molecule is C=C(C)C(=O)NCCCc1nc2ccccc2n1CCCCOc1ccc(C(C)(C)C)cc1. The van der Waals surface area contributed by atoms with Gasteiger partial charge in [0.25, 0.3) is 0 Å². The van der Waals surface area contributed by atoms with Crippen LogP contribution in [-0.2, 0) is 23.2 Å². The van der Waals surface area contributed by atoms with Gasteiger partial charge in [-0.2, -0.15) is 0 Å². The second kappa shape index (κ2) is 11.2. The molecule has 0 saturated heterocycles. The van der Waals surface area contributed by atoms with Gasteiger partial charge >= 0.3 is 0 Å². The average molecular weight is 448 g/mol. The molecule has 0 atom stereocenters. The summed E-state index contributed by atoms with van der Waals surface area (Å²) in [6.45, 7) is 14.3. The molecule has 0 spiro atoms. The Morgan fingerprint density at radius 1 is 1.06 bits per heavy atom. The molecule has 3 aromatic rings. The summed E-state index contributed by atoms with van der Waals surface area (Å²) in [4.78, 5) is 16.5. The number of rotatable bonds is 11. The number of hydrogen-bond donors (Lipinski definition) is 1. The molecule has 0 aliphatic rings. The topological polar surface area (TPSA) is 56.2 Å². The number of imidazole rings is 1. The van der Waals surface area contributed by atoms with Gasteiger partial charge in [-0.05, 0) is 61.4 Å². The molecule has 0 saturated carbocycles. The lowest BCUT2D eigenvalue weighted by Gasteiger charge is -2.19. The first-order valence-electron chi connectivity index (χ1n) is 11.9. The normalized spacial score (nSPS) is 11.5. The zero-order valence-corrected chi connectivity index (χ0v) is 20.5. The Labute approximate surface area is 197 Å². The number of nitrogens with one attached hydrogen (secondary N) is 1. The van der Waals surface area contributed by atoms with E-state index in [2.05, 4.69) is 79.7 Å². The molecule has 0 aliphatic carbocycles. The molecule has 33 heavy (non-hydrogen) atoms. The first kappa shape index (κ1) is 24.6. The molecule has 0 fully saturated rings. The van der Waals surface area contributed by atoms with Gasteiger partial charge in [-0.15, -0.1) is 0 Å². The summed E-state index contributed by atoms with van der Waals surface area (Å²) in [7, 11) is 0. The Morgan fingerprint density at radius 2 is 1.79 bits per heavy atom. The monoisotopic (exact) mass is 447 g/mol. The van der Waals surface area contributed by atoms with E-state index in [0.717, 1.165) is 54.8 Å². The average Bonchev–Trinajstić information content (AvgIpc) is 3.13. The lowest BCUT2D eigenvalue weighted by Crippen LogP contribution is -2.25. The van der Waals surface area contributed by atoms with Crippen LogP contribution in [0.1, 0.15) is 58.3 Å². The number of benzene rings is 2. The van der Waals surface area contributed by atoms with Crippen LogP contribution in [0.25, 0.3) is 11.0 Å². The van der Waals surface area contributed by atoms with E-state index in [4.69, 9.17) is 9.72 Å². The number of unbranched alkanes of at least 4 members (excludes halogenated alkanes) is 1. The molecule has 1 heterocycles. The number of aromatic nitrogens is 2. The summed E-state index contributed by atoms with van der Waals surface area (Å²) in [6, 6.07) is 16.7. The number of ether oxygens (including phenoxy) is 1. The minimum Gasteiger partial charge on any atom is -0.494 e. The van der Waals surface area contributed by atoms with Crippen LogP contribution >= 0.6 is 0 Å². The Balaban J connectivity index is 1.51. The van der Waals surface area contributed by atoms with Crippen molar-refractivity contribution in [1.29, 1.82) is 0 Å². The molecule has 5 heteroatoms. The summed E-state index contributed by atoms with van der Waals surface area (Å²) in [5.41, 5.74) is 4.19. The van der Waals surface area contributed by atoms with Gasteiger partial charge in [-0.25, -0.2) is 4.98 Å². The van der Waals surface area contributed by atoms with Gasteiger partial charge in [0.2, 0.25) is 5.91 Å². The second-order valence-electron chi connectivity index (χ2n) is 9.64. The fourth-order valence-electron chi connectivity index (χ4n) is 3.78. The van der Waals surface area contributed by atoms with E-state index in [1.54, 1.807) is 6.92 Å². The van der Waals surface area contributed by atoms with E-state index < -0.39 is 0 Å². The van der Waals surface area contributed by atoms with Crippen LogP contribution in [0.3, 0.4) is 0 Å². The Hall–Kier alpha value is -3.08. The minimum absolute atomic E-state index is 0.0865. The van der Waals surface area contributed by atoms with E-state index in [1.807, 2.05) is 6.07 Å². The van der Waals surface area contributed by atoms with Gasteiger partial charge in [0.15, 0.2) is 0 Å². The highest BCUT2D eigenvalue weighted by atomic mass is 16.5. The predicted octanol–water partition coefficient (Wildman–Crippen LogP) is 5.82. The standard InChI is InChI=1S/C28H37N3O2/c1-21(2)27(32)29-18-10-13-26-30-24-11-6-7-12-25(24)31(26)19-8-9-20-33-23-16-14-22(15-17-23)28(3,4)5/h6-7,11-12,14-17H,1,8-10,13,18-20H2,2-5H3,(H,29,32). The summed E-state index contributed by atoms with van der Waals surface area (Å²) in [5.74, 6) is 1.91. The van der Waals surface area contributed by atoms with Crippen LogP contribution in [0.5, 0.6) is 5.75 Å². The highest BCUT2D eigenvalue weighted by molar-refractivity contribution is 5.92. The van der Waals surface area contributed by atoms with E-state index >= 15 is 0 Å². The van der Waals surface area contributed by atoms with E-state index in [1.165, 1.54) is 5.56 Å². The smallest absolute Gasteiger partial charge is 0.246 e. The molecule has 0 unspecified atom stereocenters. The van der Waals surface area contributed by atoms with Crippen molar-refractivity contribution in [3.63, 3.8) is 0 Å². The van der Waals surface area contributed by atoms with Crippen molar-refractivity contribution in [3.05, 3.63) is 72.1 Å². The van der Waals surface area contributed by atoms with Gasteiger partial charge in [0.05, 0.1) is 17.6 Å². The first-order valence-corrected chi connectivity index (χ1v) is 11.9. The number of nitrogens with zero attached hydrogens (tertiary/aromatic N) is 2. The van der Waals surface area contributed by atoms with Crippen LogP contribution < -0.4 is 10.1 Å². The predicted molar refractivity (Wildman–Crippen MR) is 136 cm³/mol. The minimum atomic E-state index is -0.0865. The fraction of sp³-hybridized carbons (Fsp3) is 0.429. The first-order chi connectivity index (χ1) is 15.8. The molecule has 3 rings (SSSR count). The van der Waals surface area contributed by atoms with Crippen molar-refractivity contribution < 1.29 is 9.53 Å². The molecule has 0 aliphatic heterocycles. The van der Waals surface area contributed by atoms with Gasteiger partial charge < -0.3 is 14.6 Å². The third-order valence-corrected chi connectivity index (χ3v) is 5.75. The third kappa shape index (κ3) is 6.95. The number of aryl methyl sites for hydroxylation is 2. The lowest BCUT2D eigenvalue weighted by molar-refractivity contribution is -0.117. The molecule has 5 nitrogen and oxygen atoms in total. The molecule has 176 valence electrons. The quantitative estimate of drug-likeness (QED) is 0.298. The molecule has 0 radical (unpaired) electrons. The van der Waals surface area contributed by atoms with Crippen molar-refractivity contribution in [2.75, 3.05) is 13.2 Å². The third-order valence-electron chi connectivity index (χ3n) is 5.75. The zero-order valence-electron chi connectivity index (χ0n) is 20.5. The van der Waals surface area contributed by atoms with Gasteiger partial charge in [0.1, 0.15) is 11.6 Å². The number of carbonyl (C=O) groups excluding carboxylic acids is 1. The number of para-hydroxylation sites is 2. The Bertz CT molecular complexity index is 1070.